The van der Waals surface area contributed by atoms with Gasteiger partial charge in [0.1, 0.15) is 5.75 Å². The van der Waals surface area contributed by atoms with Gasteiger partial charge >= 0.3 is 6.18 Å². The van der Waals surface area contributed by atoms with Crippen LogP contribution >= 0.6 is 0 Å². The first kappa shape index (κ1) is 12.6. The molecule has 0 unspecified atom stereocenters. The van der Waals surface area contributed by atoms with Crippen molar-refractivity contribution in [1.82, 2.24) is 0 Å². The van der Waals surface area contributed by atoms with E-state index in [1.54, 1.807) is 24.3 Å². The van der Waals surface area contributed by atoms with E-state index in [2.05, 4.69) is 0 Å². The zero-order chi connectivity index (χ0) is 12.0. The average Bonchev–Trinajstić information content (AvgIpc) is 2.19. The van der Waals surface area contributed by atoms with Crippen LogP contribution in [0.4, 0.5) is 13.2 Å². The molecule has 0 bridgehead atoms. The third-order valence-corrected chi connectivity index (χ3v) is 1.85. The molecule has 0 heterocycles. The minimum absolute atomic E-state index is 0.573. The predicted octanol–water partition coefficient (Wildman–Crippen LogP) is 4.05. The van der Waals surface area contributed by atoms with E-state index in [1.807, 2.05) is 6.92 Å². The van der Waals surface area contributed by atoms with Gasteiger partial charge in [0.15, 0.2) is 0 Å². The van der Waals surface area contributed by atoms with Crippen molar-refractivity contribution in [1.29, 1.82) is 0 Å². The highest BCUT2D eigenvalue weighted by atomic mass is 19.4. The van der Waals surface area contributed by atoms with Gasteiger partial charge in [0, 0.05) is 0 Å². The second kappa shape index (κ2) is 5.58. The normalized spacial score (nSPS) is 12.0. The molecule has 0 aliphatic rings. The minimum atomic E-state index is -4.14. The second-order valence-electron chi connectivity index (χ2n) is 3.22. The van der Waals surface area contributed by atoms with Crippen molar-refractivity contribution < 1.29 is 17.9 Å². The molecule has 0 radical (unpaired) electrons. The number of halogens is 3. The topological polar surface area (TPSA) is 9.23 Å². The highest BCUT2D eigenvalue weighted by Gasteiger charge is 2.24. The molecule has 0 atom stereocenters. The zero-order valence-corrected chi connectivity index (χ0v) is 8.92. The van der Waals surface area contributed by atoms with Gasteiger partial charge < -0.3 is 4.74 Å². The SMILES string of the molecule is CCOc1ccc(C=CCC(F)(F)F)cc1. The van der Waals surface area contributed by atoms with Gasteiger partial charge in [-0.25, -0.2) is 0 Å². The molecular weight excluding hydrogens is 217 g/mol. The van der Waals surface area contributed by atoms with Crippen LogP contribution < -0.4 is 4.74 Å². The fraction of sp³-hybridized carbons (Fsp3) is 0.333. The lowest BCUT2D eigenvalue weighted by atomic mass is 10.2. The summed E-state index contributed by atoms with van der Waals surface area (Å²) in [7, 11) is 0. The molecule has 88 valence electrons. The van der Waals surface area contributed by atoms with E-state index in [0.29, 0.717) is 6.61 Å². The van der Waals surface area contributed by atoms with Crippen molar-refractivity contribution >= 4 is 6.08 Å². The summed E-state index contributed by atoms with van der Waals surface area (Å²) >= 11 is 0. The lowest BCUT2D eigenvalue weighted by Gasteiger charge is -2.03. The second-order valence-corrected chi connectivity index (χ2v) is 3.22. The number of rotatable bonds is 4. The van der Waals surface area contributed by atoms with Crippen LogP contribution in [0.1, 0.15) is 18.9 Å². The zero-order valence-electron chi connectivity index (χ0n) is 8.92. The average molecular weight is 230 g/mol. The minimum Gasteiger partial charge on any atom is -0.494 e. The first-order valence-corrected chi connectivity index (χ1v) is 4.97. The Morgan fingerprint density at radius 1 is 1.19 bits per heavy atom. The summed E-state index contributed by atoms with van der Waals surface area (Å²) in [4.78, 5) is 0. The Bertz CT molecular complexity index is 338. The van der Waals surface area contributed by atoms with Gasteiger partial charge in [-0.05, 0) is 24.6 Å². The van der Waals surface area contributed by atoms with Crippen LogP contribution in [0.15, 0.2) is 30.3 Å². The molecule has 1 aromatic carbocycles. The van der Waals surface area contributed by atoms with Gasteiger partial charge in [0.2, 0.25) is 0 Å². The molecule has 1 rings (SSSR count). The quantitative estimate of drug-likeness (QED) is 0.758. The molecule has 0 fully saturated rings. The van der Waals surface area contributed by atoms with Crippen LogP contribution in [0, 0.1) is 0 Å². The van der Waals surface area contributed by atoms with E-state index in [9.17, 15) is 13.2 Å². The van der Waals surface area contributed by atoms with Crippen molar-refractivity contribution in [3.8, 4) is 5.75 Å². The molecule has 1 aromatic rings. The number of benzene rings is 1. The van der Waals surface area contributed by atoms with Crippen molar-refractivity contribution in [3.05, 3.63) is 35.9 Å². The van der Waals surface area contributed by atoms with Crippen LogP contribution in [0.3, 0.4) is 0 Å². The molecule has 0 saturated carbocycles. The molecule has 1 nitrogen and oxygen atoms in total. The number of hydrogen-bond donors (Lipinski definition) is 0. The standard InChI is InChI=1S/C12H13F3O/c1-2-16-11-7-5-10(6-8-11)4-3-9-12(13,14)15/h3-8H,2,9H2,1H3. The fourth-order valence-electron chi connectivity index (χ4n) is 1.17. The van der Waals surface area contributed by atoms with Gasteiger partial charge in [0.05, 0.1) is 13.0 Å². The Morgan fingerprint density at radius 3 is 2.31 bits per heavy atom. The van der Waals surface area contributed by atoms with Gasteiger partial charge in [-0.15, -0.1) is 0 Å². The summed E-state index contributed by atoms with van der Waals surface area (Å²) in [6, 6.07) is 6.91. The number of allylic oxidation sites excluding steroid dienone is 1. The van der Waals surface area contributed by atoms with Crippen LogP contribution in [0.25, 0.3) is 6.08 Å². The smallest absolute Gasteiger partial charge is 0.392 e. The maximum absolute atomic E-state index is 11.9. The van der Waals surface area contributed by atoms with Crippen LogP contribution in [-0.2, 0) is 0 Å². The fourth-order valence-corrected chi connectivity index (χ4v) is 1.17. The summed E-state index contributed by atoms with van der Waals surface area (Å²) < 4.78 is 40.8. The molecule has 0 spiro atoms. The Morgan fingerprint density at radius 2 is 1.81 bits per heavy atom. The highest BCUT2D eigenvalue weighted by Crippen LogP contribution is 2.21. The first-order valence-electron chi connectivity index (χ1n) is 4.97. The predicted molar refractivity (Wildman–Crippen MR) is 57.3 cm³/mol. The molecule has 0 aliphatic carbocycles. The van der Waals surface area contributed by atoms with E-state index in [-0.39, 0.29) is 0 Å². The molecule has 0 aliphatic heterocycles. The summed E-state index contributed by atoms with van der Waals surface area (Å²) in [5.41, 5.74) is 0.729. The third kappa shape index (κ3) is 4.87. The highest BCUT2D eigenvalue weighted by molar-refractivity contribution is 5.50. The van der Waals surface area contributed by atoms with Crippen LogP contribution in [0.5, 0.6) is 5.75 Å². The van der Waals surface area contributed by atoms with Crippen molar-refractivity contribution in [3.63, 3.8) is 0 Å². The Labute approximate surface area is 92.5 Å². The molecule has 0 N–H and O–H groups in total. The molecule has 4 heteroatoms. The largest absolute Gasteiger partial charge is 0.494 e. The van der Waals surface area contributed by atoms with Gasteiger partial charge in [-0.1, -0.05) is 24.3 Å². The molecule has 16 heavy (non-hydrogen) atoms. The van der Waals surface area contributed by atoms with E-state index >= 15 is 0 Å². The molecular formula is C12H13F3O. The van der Waals surface area contributed by atoms with Crippen molar-refractivity contribution in [2.24, 2.45) is 0 Å². The lowest BCUT2D eigenvalue weighted by molar-refractivity contribution is -0.124. The maximum Gasteiger partial charge on any atom is 0.392 e. The van der Waals surface area contributed by atoms with Crippen molar-refractivity contribution in [2.75, 3.05) is 6.61 Å². The Hall–Kier alpha value is -1.45. The summed E-state index contributed by atoms with van der Waals surface area (Å²) in [6.45, 7) is 2.44. The number of hydrogen-bond acceptors (Lipinski definition) is 1. The van der Waals surface area contributed by atoms with Crippen LogP contribution in [-0.4, -0.2) is 12.8 Å². The van der Waals surface area contributed by atoms with Gasteiger partial charge in [-0.2, -0.15) is 13.2 Å². The maximum atomic E-state index is 11.9. The molecule has 0 amide bonds. The van der Waals surface area contributed by atoms with Gasteiger partial charge in [-0.3, -0.25) is 0 Å². The van der Waals surface area contributed by atoms with E-state index in [0.717, 1.165) is 17.4 Å². The first-order chi connectivity index (χ1) is 7.51. The van der Waals surface area contributed by atoms with Crippen molar-refractivity contribution in [2.45, 2.75) is 19.5 Å². The van der Waals surface area contributed by atoms with Crippen LogP contribution in [0.2, 0.25) is 0 Å². The monoisotopic (exact) mass is 230 g/mol. The number of ether oxygens (including phenoxy) is 1. The summed E-state index contributed by atoms with van der Waals surface area (Å²) in [5, 5.41) is 0. The lowest BCUT2D eigenvalue weighted by Crippen LogP contribution is -2.03. The molecule has 0 saturated heterocycles. The van der Waals surface area contributed by atoms with E-state index in [4.69, 9.17) is 4.74 Å². The molecule has 0 aromatic heterocycles. The van der Waals surface area contributed by atoms with E-state index in [1.165, 1.54) is 6.08 Å². The summed E-state index contributed by atoms with van der Waals surface area (Å²) in [5.74, 6) is 0.718. The third-order valence-electron chi connectivity index (χ3n) is 1.85. The van der Waals surface area contributed by atoms with Gasteiger partial charge in [0.25, 0.3) is 0 Å². The Kier molecular flexibility index (Phi) is 4.40. The number of alkyl halides is 3. The Balaban J connectivity index is 2.55. The van der Waals surface area contributed by atoms with E-state index < -0.39 is 12.6 Å². The summed E-state index contributed by atoms with van der Waals surface area (Å²) in [6.07, 6.45) is -2.49.